The van der Waals surface area contributed by atoms with Gasteiger partial charge in [-0.05, 0) is 50.2 Å². The van der Waals surface area contributed by atoms with Crippen molar-refractivity contribution in [1.29, 1.82) is 0 Å². The molecule has 168 valence electrons. The van der Waals surface area contributed by atoms with Crippen LogP contribution in [-0.2, 0) is 11.8 Å². The Morgan fingerprint density at radius 1 is 1.25 bits per heavy atom. The largest absolute Gasteiger partial charge is 0.394 e. The van der Waals surface area contributed by atoms with Gasteiger partial charge >= 0.3 is 6.18 Å². The van der Waals surface area contributed by atoms with Crippen LogP contribution in [0.1, 0.15) is 44.2 Å². The van der Waals surface area contributed by atoms with E-state index in [-0.39, 0.29) is 37.3 Å². The molecule has 0 spiro atoms. The van der Waals surface area contributed by atoms with E-state index in [9.17, 15) is 18.0 Å². The number of alkyl halides is 3. The van der Waals surface area contributed by atoms with Gasteiger partial charge in [-0.1, -0.05) is 6.08 Å². The Kier molecular flexibility index (Phi) is 3.90. The molecule has 2 atom stereocenters. The van der Waals surface area contributed by atoms with Crippen LogP contribution in [-0.4, -0.2) is 48.8 Å². The monoisotopic (exact) mass is 444 g/mol. The summed E-state index contributed by atoms with van der Waals surface area (Å²) < 4.78 is 41.3. The number of aryl methyl sites for hydroxylation is 1. The van der Waals surface area contributed by atoms with Crippen LogP contribution in [0.4, 0.5) is 24.8 Å². The van der Waals surface area contributed by atoms with Crippen LogP contribution >= 0.6 is 0 Å². The summed E-state index contributed by atoms with van der Waals surface area (Å²) in [6.45, 7) is 0. The van der Waals surface area contributed by atoms with E-state index in [1.807, 2.05) is 24.2 Å². The smallest absolute Gasteiger partial charge is 0.332 e. The van der Waals surface area contributed by atoms with Crippen molar-refractivity contribution in [3.05, 3.63) is 36.4 Å². The molecule has 2 aromatic heterocycles. The lowest BCUT2D eigenvalue weighted by Gasteiger charge is -2.70. The van der Waals surface area contributed by atoms with Crippen molar-refractivity contribution in [2.24, 2.45) is 17.9 Å². The Morgan fingerprint density at radius 3 is 2.69 bits per heavy atom. The van der Waals surface area contributed by atoms with Crippen molar-refractivity contribution in [3.8, 4) is 0 Å². The SMILES string of the molecule is Cn1cc(Nc2nccc(C3=CC4CCC(C3)N4C(=O)C34CC(C(F)(F)F)(C3)C4)n2)cn1. The van der Waals surface area contributed by atoms with Crippen molar-refractivity contribution in [2.75, 3.05) is 5.32 Å². The van der Waals surface area contributed by atoms with Crippen LogP contribution < -0.4 is 5.32 Å². The van der Waals surface area contributed by atoms with Gasteiger partial charge in [0.15, 0.2) is 0 Å². The number of carbonyl (C=O) groups is 1. The minimum absolute atomic E-state index is 0.0214. The van der Waals surface area contributed by atoms with Crippen LogP contribution in [0.3, 0.4) is 0 Å². The molecule has 0 aromatic carbocycles. The summed E-state index contributed by atoms with van der Waals surface area (Å²) >= 11 is 0. The van der Waals surface area contributed by atoms with E-state index in [4.69, 9.17) is 0 Å². The fourth-order valence-corrected chi connectivity index (χ4v) is 6.14. The topological polar surface area (TPSA) is 75.9 Å². The summed E-state index contributed by atoms with van der Waals surface area (Å²) in [4.78, 5) is 24.0. The lowest BCUT2D eigenvalue weighted by molar-refractivity contribution is -0.353. The van der Waals surface area contributed by atoms with Gasteiger partial charge in [0, 0.05) is 25.5 Å². The zero-order chi connectivity index (χ0) is 22.3. The zero-order valence-electron chi connectivity index (χ0n) is 17.6. The molecule has 4 heterocycles. The van der Waals surface area contributed by atoms with Gasteiger partial charge in [0.1, 0.15) is 0 Å². The number of anilines is 2. The Hall–Kier alpha value is -2.91. The van der Waals surface area contributed by atoms with E-state index >= 15 is 0 Å². The van der Waals surface area contributed by atoms with Crippen molar-refractivity contribution in [1.82, 2.24) is 24.6 Å². The average molecular weight is 444 g/mol. The van der Waals surface area contributed by atoms with Gasteiger partial charge in [-0.3, -0.25) is 9.48 Å². The molecule has 7 nitrogen and oxygen atoms in total. The molecule has 1 saturated heterocycles. The molecular weight excluding hydrogens is 421 g/mol. The highest BCUT2D eigenvalue weighted by molar-refractivity contribution is 5.88. The normalized spacial score (nSPS) is 32.8. The summed E-state index contributed by atoms with van der Waals surface area (Å²) in [5.41, 5.74) is 0.267. The first-order valence-electron chi connectivity index (χ1n) is 10.9. The quantitative estimate of drug-likeness (QED) is 0.776. The van der Waals surface area contributed by atoms with Gasteiger partial charge in [0.25, 0.3) is 0 Å². The molecule has 7 rings (SSSR count). The number of hydrogen-bond acceptors (Lipinski definition) is 5. The Bertz CT molecular complexity index is 1120. The second kappa shape index (κ2) is 6.32. The maximum atomic E-state index is 13.3. The van der Waals surface area contributed by atoms with Crippen LogP contribution in [0.5, 0.6) is 0 Å². The number of hydrogen-bond donors (Lipinski definition) is 1. The summed E-state index contributed by atoms with van der Waals surface area (Å²) in [7, 11) is 1.83. The fraction of sp³-hybridized carbons (Fsp3) is 0.545. The van der Waals surface area contributed by atoms with Gasteiger partial charge in [-0.25, -0.2) is 9.97 Å². The van der Waals surface area contributed by atoms with Crippen LogP contribution in [0.25, 0.3) is 5.57 Å². The highest BCUT2D eigenvalue weighted by atomic mass is 19.4. The molecule has 5 aliphatic rings. The number of carbonyl (C=O) groups excluding carboxylic acids is 1. The summed E-state index contributed by atoms with van der Waals surface area (Å²) in [5.74, 6) is 0.390. The van der Waals surface area contributed by atoms with Crippen LogP contribution in [0, 0.1) is 10.8 Å². The Balaban J connectivity index is 1.19. The van der Waals surface area contributed by atoms with Gasteiger partial charge in [-0.15, -0.1) is 0 Å². The van der Waals surface area contributed by atoms with Crippen LogP contribution in [0.2, 0.25) is 0 Å². The predicted molar refractivity (Wildman–Crippen MR) is 110 cm³/mol. The number of rotatable bonds is 4. The predicted octanol–water partition coefficient (Wildman–Crippen LogP) is 3.83. The number of amides is 1. The number of fused-ring (bicyclic) bond motifs is 2. The molecule has 1 amide bonds. The van der Waals surface area contributed by atoms with E-state index in [1.165, 1.54) is 0 Å². The first kappa shape index (κ1) is 19.8. The van der Waals surface area contributed by atoms with Gasteiger partial charge in [0.2, 0.25) is 11.9 Å². The molecule has 2 aliphatic heterocycles. The van der Waals surface area contributed by atoms with Crippen molar-refractivity contribution in [3.63, 3.8) is 0 Å². The molecule has 32 heavy (non-hydrogen) atoms. The van der Waals surface area contributed by atoms with E-state index in [0.29, 0.717) is 12.4 Å². The van der Waals surface area contributed by atoms with E-state index in [1.54, 1.807) is 17.1 Å². The lowest BCUT2D eigenvalue weighted by Crippen LogP contribution is -2.73. The van der Waals surface area contributed by atoms with Gasteiger partial charge in [0.05, 0.1) is 34.4 Å². The highest BCUT2D eigenvalue weighted by Crippen LogP contribution is 2.79. The molecule has 4 bridgehead atoms. The minimum atomic E-state index is -4.20. The summed E-state index contributed by atoms with van der Waals surface area (Å²) in [6.07, 6.45) is 5.33. The first-order chi connectivity index (χ1) is 15.2. The maximum Gasteiger partial charge on any atom is 0.394 e. The third kappa shape index (κ3) is 2.74. The number of aromatic nitrogens is 4. The molecule has 2 unspecified atom stereocenters. The highest BCUT2D eigenvalue weighted by Gasteiger charge is 2.81. The molecular formula is C22H23F3N6O. The van der Waals surface area contributed by atoms with E-state index in [0.717, 1.165) is 29.8 Å². The zero-order valence-corrected chi connectivity index (χ0v) is 17.6. The summed E-state index contributed by atoms with van der Waals surface area (Å²) in [6, 6.07) is 1.80. The molecule has 4 fully saturated rings. The van der Waals surface area contributed by atoms with Crippen molar-refractivity contribution >= 4 is 23.1 Å². The molecule has 2 aromatic rings. The van der Waals surface area contributed by atoms with E-state index in [2.05, 4.69) is 26.5 Å². The molecule has 10 heteroatoms. The third-order valence-corrected chi connectivity index (χ3v) is 7.66. The van der Waals surface area contributed by atoms with Crippen molar-refractivity contribution < 1.29 is 18.0 Å². The minimum Gasteiger partial charge on any atom is -0.332 e. The average Bonchev–Trinajstić information content (AvgIpc) is 3.18. The molecule has 0 radical (unpaired) electrons. The Morgan fingerprint density at radius 2 is 2.03 bits per heavy atom. The van der Waals surface area contributed by atoms with Gasteiger partial charge in [-0.2, -0.15) is 18.3 Å². The second-order valence-corrected chi connectivity index (χ2v) is 9.79. The molecule has 3 aliphatic carbocycles. The second-order valence-electron chi connectivity index (χ2n) is 9.79. The molecule has 1 N–H and O–H groups in total. The number of nitrogens with one attached hydrogen (secondary N) is 1. The first-order valence-corrected chi connectivity index (χ1v) is 10.9. The van der Waals surface area contributed by atoms with E-state index < -0.39 is 17.0 Å². The maximum absolute atomic E-state index is 13.3. The van der Waals surface area contributed by atoms with Crippen LogP contribution in [0.15, 0.2) is 30.7 Å². The molecule has 3 saturated carbocycles. The Labute approximate surface area is 182 Å². The number of halogens is 3. The fourth-order valence-electron chi connectivity index (χ4n) is 6.14. The third-order valence-electron chi connectivity index (χ3n) is 7.66. The van der Waals surface area contributed by atoms with Gasteiger partial charge < -0.3 is 10.2 Å². The summed E-state index contributed by atoms with van der Waals surface area (Å²) in [5, 5.41) is 7.25. The van der Waals surface area contributed by atoms with Crippen molar-refractivity contribution in [2.45, 2.75) is 56.8 Å². The lowest BCUT2D eigenvalue weighted by atomic mass is 9.34. The standard InChI is InChI=1S/C22H23F3N6O/c1-30-9-14(8-27-30)28-19-26-5-4-17(29-19)13-6-15-2-3-16(7-13)31(15)18(32)20-10-21(11-20,12-20)22(23,24)25/h4-6,8-9,15-16H,2-3,7,10-12H2,1H3,(H,26,28,29). The number of nitrogens with zero attached hydrogens (tertiary/aromatic N) is 5.